The van der Waals surface area contributed by atoms with E-state index in [2.05, 4.69) is 0 Å². The number of hydrogen-bond donors (Lipinski definition) is 2. The van der Waals surface area contributed by atoms with Gasteiger partial charge in [-0.05, 0) is 36.4 Å². The molecule has 0 atom stereocenters. The third-order valence-electron chi connectivity index (χ3n) is 2.96. The van der Waals surface area contributed by atoms with Crippen molar-refractivity contribution in [3.8, 4) is 22.8 Å². The molecule has 1 heterocycles. The van der Waals surface area contributed by atoms with Crippen LogP contribution in [-0.4, -0.2) is 10.2 Å². The molecule has 4 nitrogen and oxygen atoms in total. The van der Waals surface area contributed by atoms with E-state index in [-0.39, 0.29) is 22.5 Å². The van der Waals surface area contributed by atoms with E-state index >= 15 is 0 Å². The molecule has 0 aliphatic carbocycles. The zero-order chi connectivity index (χ0) is 14.3. The van der Waals surface area contributed by atoms with Gasteiger partial charge in [0.2, 0.25) is 11.2 Å². The molecule has 0 spiro atoms. The molecule has 0 amide bonds. The van der Waals surface area contributed by atoms with Crippen LogP contribution in [0.1, 0.15) is 0 Å². The molecule has 1 aromatic heterocycles. The van der Waals surface area contributed by atoms with E-state index < -0.39 is 17.0 Å². The van der Waals surface area contributed by atoms with Gasteiger partial charge in [-0.15, -0.1) is 0 Å². The minimum atomic E-state index is -0.630. The standard InChI is InChI=1S/C15H9FO4/c16-9-3-6-11-12(7-9)20-15(14(19)13(11)18)8-1-4-10(17)5-2-8/h1-7,17,19H. The van der Waals surface area contributed by atoms with Gasteiger partial charge in [0, 0.05) is 11.6 Å². The Balaban J connectivity index is 2.33. The Kier molecular flexibility index (Phi) is 2.68. The fourth-order valence-electron chi connectivity index (χ4n) is 1.97. The van der Waals surface area contributed by atoms with E-state index in [9.17, 15) is 19.4 Å². The van der Waals surface area contributed by atoms with E-state index in [0.717, 1.165) is 12.1 Å². The quantitative estimate of drug-likeness (QED) is 0.714. The van der Waals surface area contributed by atoms with Crippen molar-refractivity contribution in [3.63, 3.8) is 0 Å². The predicted molar refractivity (Wildman–Crippen MR) is 71.2 cm³/mol. The van der Waals surface area contributed by atoms with Crippen LogP contribution >= 0.6 is 0 Å². The summed E-state index contributed by atoms with van der Waals surface area (Å²) in [5, 5.41) is 19.3. The van der Waals surface area contributed by atoms with Crippen molar-refractivity contribution >= 4 is 11.0 Å². The lowest BCUT2D eigenvalue weighted by Crippen LogP contribution is -2.02. The van der Waals surface area contributed by atoms with Crippen LogP contribution in [0.4, 0.5) is 4.39 Å². The van der Waals surface area contributed by atoms with Crippen molar-refractivity contribution in [1.82, 2.24) is 0 Å². The summed E-state index contributed by atoms with van der Waals surface area (Å²) < 4.78 is 18.6. The lowest BCUT2D eigenvalue weighted by Gasteiger charge is -2.06. The topological polar surface area (TPSA) is 70.7 Å². The van der Waals surface area contributed by atoms with Crippen LogP contribution < -0.4 is 5.43 Å². The molecule has 0 aliphatic rings. The summed E-state index contributed by atoms with van der Waals surface area (Å²) >= 11 is 0. The highest BCUT2D eigenvalue weighted by atomic mass is 19.1. The highest BCUT2D eigenvalue weighted by molar-refractivity contribution is 5.81. The maximum Gasteiger partial charge on any atom is 0.235 e. The van der Waals surface area contributed by atoms with Crippen molar-refractivity contribution in [3.05, 3.63) is 58.5 Å². The third kappa shape index (κ3) is 1.89. The second kappa shape index (κ2) is 4.38. The van der Waals surface area contributed by atoms with Crippen molar-refractivity contribution in [2.75, 3.05) is 0 Å². The molecule has 0 unspecified atom stereocenters. The average Bonchev–Trinajstić information content (AvgIpc) is 2.44. The van der Waals surface area contributed by atoms with Gasteiger partial charge in [-0.3, -0.25) is 4.79 Å². The molecule has 0 saturated carbocycles. The highest BCUT2D eigenvalue weighted by Crippen LogP contribution is 2.30. The molecule has 0 fully saturated rings. The molecule has 2 aromatic carbocycles. The van der Waals surface area contributed by atoms with Crippen molar-refractivity contribution in [1.29, 1.82) is 0 Å². The van der Waals surface area contributed by atoms with E-state index in [1.807, 2.05) is 0 Å². The minimum Gasteiger partial charge on any atom is -0.508 e. The first-order valence-electron chi connectivity index (χ1n) is 5.81. The normalized spacial score (nSPS) is 10.8. The summed E-state index contributed by atoms with van der Waals surface area (Å²) in [6.45, 7) is 0. The van der Waals surface area contributed by atoms with E-state index in [0.29, 0.717) is 5.56 Å². The zero-order valence-corrected chi connectivity index (χ0v) is 10.1. The second-order valence-corrected chi connectivity index (χ2v) is 4.30. The summed E-state index contributed by atoms with van der Waals surface area (Å²) in [6, 6.07) is 9.22. The lowest BCUT2D eigenvalue weighted by atomic mass is 10.1. The van der Waals surface area contributed by atoms with Gasteiger partial charge in [-0.25, -0.2) is 4.39 Å². The average molecular weight is 272 g/mol. The summed E-state index contributed by atoms with van der Waals surface area (Å²) in [5.41, 5.74) is -0.172. The molecule has 2 N–H and O–H groups in total. The first kappa shape index (κ1) is 12.2. The molecule has 3 rings (SSSR count). The van der Waals surface area contributed by atoms with E-state index in [1.54, 1.807) is 0 Å². The number of phenolic OH excluding ortho intramolecular Hbond substituents is 1. The van der Waals surface area contributed by atoms with Gasteiger partial charge < -0.3 is 14.6 Å². The summed E-state index contributed by atoms with van der Waals surface area (Å²) in [7, 11) is 0. The number of rotatable bonds is 1. The molecule has 0 saturated heterocycles. The van der Waals surface area contributed by atoms with Crippen molar-refractivity contribution in [2.45, 2.75) is 0 Å². The fourth-order valence-corrected chi connectivity index (χ4v) is 1.97. The molecular formula is C15H9FO4. The van der Waals surface area contributed by atoms with Crippen LogP contribution in [-0.2, 0) is 0 Å². The Morgan fingerprint density at radius 3 is 2.40 bits per heavy atom. The van der Waals surface area contributed by atoms with Gasteiger partial charge in [0.25, 0.3) is 0 Å². The Hall–Kier alpha value is -2.82. The summed E-state index contributed by atoms with van der Waals surface area (Å²) in [4.78, 5) is 12.0. The van der Waals surface area contributed by atoms with Crippen LogP contribution in [0.2, 0.25) is 0 Å². The van der Waals surface area contributed by atoms with Crippen LogP contribution in [0.5, 0.6) is 11.5 Å². The third-order valence-corrected chi connectivity index (χ3v) is 2.96. The summed E-state index contributed by atoms with van der Waals surface area (Å²) in [6.07, 6.45) is 0. The molecular weight excluding hydrogens is 263 g/mol. The molecule has 0 radical (unpaired) electrons. The van der Waals surface area contributed by atoms with Gasteiger partial charge >= 0.3 is 0 Å². The number of phenols is 1. The number of benzene rings is 2. The van der Waals surface area contributed by atoms with Gasteiger partial charge in [0.15, 0.2) is 5.76 Å². The molecule has 0 bridgehead atoms. The fraction of sp³-hybridized carbons (Fsp3) is 0. The Bertz CT molecular complexity index is 850. The Labute approximate surface area is 112 Å². The Morgan fingerprint density at radius 1 is 1.00 bits per heavy atom. The van der Waals surface area contributed by atoms with Crippen molar-refractivity contribution < 1.29 is 19.0 Å². The molecule has 0 aliphatic heterocycles. The van der Waals surface area contributed by atoms with E-state index in [4.69, 9.17) is 4.42 Å². The molecule has 100 valence electrons. The van der Waals surface area contributed by atoms with Crippen LogP contribution in [0.3, 0.4) is 0 Å². The first-order chi connectivity index (χ1) is 9.56. The monoisotopic (exact) mass is 272 g/mol. The maximum atomic E-state index is 13.2. The predicted octanol–water partition coefficient (Wildman–Crippen LogP) is 3.01. The SMILES string of the molecule is O=c1c(O)c(-c2ccc(O)cc2)oc2cc(F)ccc12. The zero-order valence-electron chi connectivity index (χ0n) is 10.1. The van der Waals surface area contributed by atoms with Gasteiger partial charge in [0.05, 0.1) is 5.39 Å². The minimum absolute atomic E-state index is 0.0439. The van der Waals surface area contributed by atoms with Crippen LogP contribution in [0.25, 0.3) is 22.3 Å². The molecule has 5 heteroatoms. The smallest absolute Gasteiger partial charge is 0.235 e. The second-order valence-electron chi connectivity index (χ2n) is 4.30. The molecule has 3 aromatic rings. The number of fused-ring (bicyclic) bond motifs is 1. The maximum absolute atomic E-state index is 13.2. The number of aromatic hydroxyl groups is 2. The Morgan fingerprint density at radius 2 is 1.70 bits per heavy atom. The van der Waals surface area contributed by atoms with Gasteiger partial charge in [0.1, 0.15) is 17.1 Å². The van der Waals surface area contributed by atoms with Crippen LogP contribution in [0, 0.1) is 5.82 Å². The van der Waals surface area contributed by atoms with Gasteiger partial charge in [-0.1, -0.05) is 0 Å². The first-order valence-corrected chi connectivity index (χ1v) is 5.81. The molecule has 20 heavy (non-hydrogen) atoms. The van der Waals surface area contributed by atoms with Crippen molar-refractivity contribution in [2.24, 2.45) is 0 Å². The highest BCUT2D eigenvalue weighted by Gasteiger charge is 2.15. The number of halogens is 1. The van der Waals surface area contributed by atoms with E-state index in [1.165, 1.54) is 30.3 Å². The lowest BCUT2D eigenvalue weighted by molar-refractivity contribution is 0.448. The number of hydrogen-bond acceptors (Lipinski definition) is 4. The van der Waals surface area contributed by atoms with Gasteiger partial charge in [-0.2, -0.15) is 0 Å². The largest absolute Gasteiger partial charge is 0.508 e. The van der Waals surface area contributed by atoms with Crippen LogP contribution in [0.15, 0.2) is 51.7 Å². The summed E-state index contributed by atoms with van der Waals surface area (Å²) in [5.74, 6) is -1.10.